The Balaban J connectivity index is 1.28. The number of likely N-dealkylation sites (tertiary alicyclic amines) is 1. The lowest BCUT2D eigenvalue weighted by Crippen LogP contribution is -2.67. The summed E-state index contributed by atoms with van der Waals surface area (Å²) in [5.74, 6) is 2.76. The van der Waals surface area contributed by atoms with E-state index in [-0.39, 0.29) is 39.1 Å². The van der Waals surface area contributed by atoms with Crippen molar-refractivity contribution in [1.82, 2.24) is 4.90 Å². The molecular formula is C37H61NO3. The van der Waals surface area contributed by atoms with Gasteiger partial charge >= 0.3 is 5.97 Å². The number of ether oxygens (including phenoxy) is 1. The van der Waals surface area contributed by atoms with Crippen LogP contribution in [0.25, 0.3) is 0 Å². The van der Waals surface area contributed by atoms with E-state index in [0.717, 1.165) is 58.2 Å². The van der Waals surface area contributed by atoms with E-state index in [0.29, 0.717) is 36.2 Å². The predicted molar refractivity (Wildman–Crippen MR) is 166 cm³/mol. The highest BCUT2D eigenvalue weighted by Gasteiger charge is 2.72. The Morgan fingerprint density at radius 3 is 2.29 bits per heavy atom. The molecule has 10 atom stereocenters. The minimum atomic E-state index is -0.322. The van der Waals surface area contributed by atoms with Gasteiger partial charge in [0.1, 0.15) is 6.61 Å². The Bertz CT molecular complexity index is 1030. The van der Waals surface area contributed by atoms with Gasteiger partial charge in [0.2, 0.25) is 0 Å². The molecule has 6 aliphatic rings. The average Bonchev–Trinajstić information content (AvgIpc) is 3.33. The Hall–Kier alpha value is -0.870. The minimum Gasteiger partial charge on any atom is -0.464 e. The second-order valence-electron chi connectivity index (χ2n) is 17.3. The minimum absolute atomic E-state index is 0.0116. The normalized spacial score (nSPS) is 49.2. The fourth-order valence-electron chi connectivity index (χ4n) is 13.1. The maximum Gasteiger partial charge on any atom is 0.312 e. The van der Waals surface area contributed by atoms with Gasteiger partial charge in [0.05, 0.1) is 11.5 Å². The van der Waals surface area contributed by atoms with E-state index in [1.165, 1.54) is 50.5 Å². The van der Waals surface area contributed by atoms with Crippen LogP contribution in [0, 0.1) is 56.7 Å². The number of aliphatic hydroxyl groups is 1. The third-order valence-electron chi connectivity index (χ3n) is 15.5. The Labute approximate surface area is 251 Å². The number of esters is 1. The highest BCUT2D eigenvalue weighted by Crippen LogP contribution is 2.77. The Kier molecular flexibility index (Phi) is 7.62. The quantitative estimate of drug-likeness (QED) is 0.270. The lowest BCUT2D eigenvalue weighted by molar-refractivity contribution is -0.248. The number of hydrogen-bond donors (Lipinski definition) is 1. The third kappa shape index (κ3) is 4.29. The zero-order chi connectivity index (χ0) is 29.4. The van der Waals surface area contributed by atoms with Gasteiger partial charge in [-0.1, -0.05) is 53.2 Å². The van der Waals surface area contributed by atoms with Crippen LogP contribution < -0.4 is 0 Å². The van der Waals surface area contributed by atoms with Crippen LogP contribution in [0.5, 0.6) is 0 Å². The van der Waals surface area contributed by atoms with E-state index in [1.807, 2.05) is 0 Å². The van der Waals surface area contributed by atoms with Crippen molar-refractivity contribution in [3.05, 3.63) is 12.2 Å². The summed E-state index contributed by atoms with van der Waals surface area (Å²) >= 11 is 0. The van der Waals surface area contributed by atoms with Crippen molar-refractivity contribution in [2.75, 3.05) is 26.2 Å². The van der Waals surface area contributed by atoms with Gasteiger partial charge in [0.15, 0.2) is 0 Å². The summed E-state index contributed by atoms with van der Waals surface area (Å²) in [6.07, 6.45) is 15.0. The van der Waals surface area contributed by atoms with Gasteiger partial charge < -0.3 is 9.84 Å². The molecule has 41 heavy (non-hydrogen) atoms. The first-order chi connectivity index (χ1) is 19.3. The van der Waals surface area contributed by atoms with Crippen molar-refractivity contribution >= 4 is 5.97 Å². The standard InChI is InChI=1S/C37H61NO3/c1-25(2)26-13-18-37(32(40)41-24-23-38-21-9-8-10-22-38)20-19-35(6)27(31(26)37)11-12-29-34(5)16-15-30(39)33(3,4)28(34)14-17-36(29,35)7/h26-31,39H,1,8-24H2,2-7H3. The van der Waals surface area contributed by atoms with E-state index in [1.54, 1.807) is 0 Å². The number of carbonyl (C=O) groups is 1. The summed E-state index contributed by atoms with van der Waals surface area (Å²) in [7, 11) is 0. The molecular weight excluding hydrogens is 506 g/mol. The number of allylic oxidation sites excluding steroid dienone is 1. The molecule has 5 aliphatic carbocycles. The first-order valence-corrected chi connectivity index (χ1v) is 17.5. The molecule has 4 nitrogen and oxygen atoms in total. The molecule has 0 spiro atoms. The van der Waals surface area contributed by atoms with Crippen LogP contribution in [-0.4, -0.2) is 48.3 Å². The van der Waals surface area contributed by atoms with Gasteiger partial charge in [-0.05, 0) is 148 Å². The fourth-order valence-corrected chi connectivity index (χ4v) is 13.1. The van der Waals surface area contributed by atoms with Gasteiger partial charge in [0, 0.05) is 6.54 Å². The van der Waals surface area contributed by atoms with Crippen LogP contribution in [0.3, 0.4) is 0 Å². The van der Waals surface area contributed by atoms with E-state index < -0.39 is 0 Å². The summed E-state index contributed by atoms with van der Waals surface area (Å²) in [4.78, 5) is 16.7. The number of aliphatic hydroxyl groups excluding tert-OH is 1. The summed E-state index contributed by atoms with van der Waals surface area (Å²) in [6, 6.07) is 0. The smallest absolute Gasteiger partial charge is 0.312 e. The topological polar surface area (TPSA) is 49.8 Å². The maximum absolute atomic E-state index is 14.2. The number of fused-ring (bicyclic) bond motifs is 7. The van der Waals surface area contributed by atoms with Crippen molar-refractivity contribution in [1.29, 1.82) is 0 Å². The molecule has 1 saturated heterocycles. The number of nitrogens with zero attached hydrogens (tertiary/aromatic N) is 1. The highest BCUT2D eigenvalue weighted by atomic mass is 16.5. The molecule has 0 radical (unpaired) electrons. The van der Waals surface area contributed by atoms with E-state index in [2.05, 4.69) is 53.0 Å². The molecule has 6 rings (SSSR count). The van der Waals surface area contributed by atoms with Gasteiger partial charge in [-0.2, -0.15) is 0 Å². The first-order valence-electron chi connectivity index (χ1n) is 17.5. The molecule has 0 aromatic heterocycles. The van der Waals surface area contributed by atoms with Crippen LogP contribution in [-0.2, 0) is 9.53 Å². The number of piperidine rings is 1. The molecule has 4 heteroatoms. The second kappa shape index (κ2) is 10.4. The number of carbonyl (C=O) groups excluding carboxylic acids is 1. The van der Waals surface area contributed by atoms with Crippen molar-refractivity contribution in [2.45, 2.75) is 131 Å². The molecule has 0 aromatic carbocycles. The summed E-state index contributed by atoms with van der Waals surface area (Å²) in [6.45, 7) is 23.1. The zero-order valence-corrected chi connectivity index (χ0v) is 27.4. The summed E-state index contributed by atoms with van der Waals surface area (Å²) in [5, 5.41) is 11.0. The molecule has 0 bridgehead atoms. The Morgan fingerprint density at radius 1 is 0.854 bits per heavy atom. The molecule has 1 aliphatic heterocycles. The first kappa shape index (κ1) is 30.2. The SMILES string of the molecule is C=C(C)C1CCC2(C(=O)OCCN3CCCCC3)CCC3(C)C(CCC4C5(C)CCC(O)C(C)(C)C5CCC43C)C12. The molecule has 6 fully saturated rings. The molecule has 0 amide bonds. The third-order valence-corrected chi connectivity index (χ3v) is 15.5. The maximum atomic E-state index is 14.2. The van der Waals surface area contributed by atoms with Crippen LogP contribution in [0.2, 0.25) is 0 Å². The van der Waals surface area contributed by atoms with Crippen LogP contribution in [0.4, 0.5) is 0 Å². The van der Waals surface area contributed by atoms with Gasteiger partial charge in [-0.15, -0.1) is 0 Å². The largest absolute Gasteiger partial charge is 0.464 e. The van der Waals surface area contributed by atoms with Crippen molar-refractivity contribution in [3.63, 3.8) is 0 Å². The summed E-state index contributed by atoms with van der Waals surface area (Å²) in [5.41, 5.74) is 1.73. The molecule has 1 heterocycles. The Morgan fingerprint density at radius 2 is 1.59 bits per heavy atom. The molecule has 10 unspecified atom stereocenters. The zero-order valence-electron chi connectivity index (χ0n) is 27.4. The van der Waals surface area contributed by atoms with Crippen molar-refractivity contribution < 1.29 is 14.6 Å². The monoisotopic (exact) mass is 567 g/mol. The molecule has 5 saturated carbocycles. The average molecular weight is 568 g/mol. The molecule has 1 N–H and O–H groups in total. The second-order valence-corrected chi connectivity index (χ2v) is 17.3. The predicted octanol–water partition coefficient (Wildman–Crippen LogP) is 8.03. The van der Waals surface area contributed by atoms with E-state index in [4.69, 9.17) is 4.74 Å². The fraction of sp³-hybridized carbons (Fsp3) is 0.919. The van der Waals surface area contributed by atoms with Crippen molar-refractivity contribution in [3.8, 4) is 0 Å². The van der Waals surface area contributed by atoms with Crippen molar-refractivity contribution in [2.24, 2.45) is 56.7 Å². The molecule has 232 valence electrons. The number of rotatable bonds is 5. The van der Waals surface area contributed by atoms with E-state index in [9.17, 15) is 9.90 Å². The van der Waals surface area contributed by atoms with E-state index >= 15 is 0 Å². The van der Waals surface area contributed by atoms with Gasteiger partial charge in [-0.3, -0.25) is 9.69 Å². The lowest BCUT2D eigenvalue weighted by Gasteiger charge is -2.72. The van der Waals surface area contributed by atoms with Gasteiger partial charge in [0.25, 0.3) is 0 Å². The van der Waals surface area contributed by atoms with Gasteiger partial charge in [-0.25, -0.2) is 0 Å². The lowest BCUT2D eigenvalue weighted by atomic mass is 9.32. The highest BCUT2D eigenvalue weighted by molar-refractivity contribution is 5.78. The van der Waals surface area contributed by atoms with Crippen LogP contribution in [0.15, 0.2) is 12.2 Å². The number of hydrogen-bond acceptors (Lipinski definition) is 4. The van der Waals surface area contributed by atoms with Crippen LogP contribution in [0.1, 0.15) is 125 Å². The summed E-state index contributed by atoms with van der Waals surface area (Å²) < 4.78 is 6.25. The van der Waals surface area contributed by atoms with Crippen LogP contribution >= 0.6 is 0 Å². The molecule has 0 aromatic rings.